The molecule has 0 saturated heterocycles. The molecule has 1 fully saturated rings. The van der Waals surface area contributed by atoms with Crippen LogP contribution in [-0.2, 0) is 17.7 Å². The van der Waals surface area contributed by atoms with Crippen molar-refractivity contribution in [2.24, 2.45) is 0 Å². The first-order valence-electron chi connectivity index (χ1n) is 11.6. The molecule has 2 aromatic carbocycles. The third kappa shape index (κ3) is 4.07. The lowest BCUT2D eigenvalue weighted by atomic mass is 9.92. The number of alkyl halides is 2. The number of ether oxygens (including phenoxy) is 2. The van der Waals surface area contributed by atoms with E-state index >= 15 is 0 Å². The summed E-state index contributed by atoms with van der Waals surface area (Å²) >= 11 is 0. The Morgan fingerprint density at radius 2 is 2.00 bits per heavy atom. The summed E-state index contributed by atoms with van der Waals surface area (Å²) in [7, 11) is 0. The summed E-state index contributed by atoms with van der Waals surface area (Å²) in [4.78, 5) is 25.6. The molecule has 0 bridgehead atoms. The monoisotopic (exact) mass is 468 g/mol. The van der Waals surface area contributed by atoms with Crippen molar-refractivity contribution in [2.75, 3.05) is 6.61 Å². The summed E-state index contributed by atoms with van der Waals surface area (Å²) in [5.41, 5.74) is 3.16. The summed E-state index contributed by atoms with van der Waals surface area (Å²) in [6.45, 7) is 1.53. The molecule has 5 rings (SSSR count). The Morgan fingerprint density at radius 1 is 1.21 bits per heavy atom. The molecule has 0 spiro atoms. The van der Waals surface area contributed by atoms with Crippen LogP contribution >= 0.6 is 0 Å². The van der Waals surface area contributed by atoms with Gasteiger partial charge in [0.2, 0.25) is 5.43 Å². The molecule has 34 heavy (non-hydrogen) atoms. The molecule has 1 atom stereocenters. The Morgan fingerprint density at radius 3 is 2.71 bits per heavy atom. The molecule has 0 amide bonds. The number of aromatic nitrogens is 1. The molecule has 1 N–H and O–H groups in total. The first kappa shape index (κ1) is 22.5. The van der Waals surface area contributed by atoms with Crippen LogP contribution in [0.25, 0.3) is 22.0 Å². The molecule has 1 aliphatic heterocycles. The lowest BCUT2D eigenvalue weighted by Gasteiger charge is -2.24. The average Bonchev–Trinajstić information content (AvgIpc) is 3.64. The van der Waals surface area contributed by atoms with E-state index < -0.39 is 18.0 Å². The number of carbonyl (C=O) groups is 1. The molecule has 2 heterocycles. The zero-order chi connectivity index (χ0) is 24.0. The lowest BCUT2D eigenvalue weighted by Crippen LogP contribution is -2.32. The van der Waals surface area contributed by atoms with Gasteiger partial charge in [-0.15, -0.1) is 0 Å². The van der Waals surface area contributed by atoms with Gasteiger partial charge in [-0.2, -0.15) is 8.78 Å². The van der Waals surface area contributed by atoms with Crippen LogP contribution in [0.2, 0.25) is 0 Å². The zero-order valence-corrected chi connectivity index (χ0v) is 19.1. The van der Waals surface area contributed by atoms with Gasteiger partial charge in [-0.3, -0.25) is 4.79 Å². The maximum atomic E-state index is 13.6. The molecule has 1 unspecified atom stereocenters. The van der Waals surface area contributed by atoms with Gasteiger partial charge in [-0.25, -0.2) is 4.79 Å². The molecule has 2 aliphatic rings. The Labute approximate surface area is 195 Å². The number of carbonyl (C=O) groups excluding carboxylic acids is 1. The van der Waals surface area contributed by atoms with E-state index in [-0.39, 0.29) is 34.9 Å². The number of halogens is 2. The van der Waals surface area contributed by atoms with Crippen molar-refractivity contribution in [3.63, 3.8) is 0 Å². The Balaban J connectivity index is 1.74. The number of hydrogen-bond donors (Lipinski definition) is 1. The largest absolute Gasteiger partial charge is 0.462 e. The number of nitrogens with one attached hydrogen (secondary N) is 1. The van der Waals surface area contributed by atoms with Gasteiger partial charge in [0.25, 0.3) is 0 Å². The van der Waals surface area contributed by atoms with Crippen molar-refractivity contribution in [2.45, 2.75) is 58.3 Å². The second kappa shape index (κ2) is 8.83. The number of hydrogen-bond acceptors (Lipinski definition) is 5. The Bertz CT molecular complexity index is 1330. The number of pyridine rings is 1. The van der Waals surface area contributed by atoms with Crippen LogP contribution in [0.5, 0.6) is 5.75 Å². The predicted octanol–water partition coefficient (Wildman–Crippen LogP) is 4.82. The maximum absolute atomic E-state index is 13.6. The fourth-order valence-electron chi connectivity index (χ4n) is 4.69. The van der Waals surface area contributed by atoms with Crippen LogP contribution in [0.3, 0.4) is 0 Å². The van der Waals surface area contributed by atoms with Crippen molar-refractivity contribution < 1.29 is 23.0 Å². The normalized spacial score (nSPS) is 17.6. The molecule has 1 aliphatic carbocycles. The molecule has 1 saturated carbocycles. The lowest BCUT2D eigenvalue weighted by molar-refractivity contribution is -0.0486. The van der Waals surface area contributed by atoms with E-state index in [1.54, 1.807) is 23.6 Å². The van der Waals surface area contributed by atoms with E-state index in [0.717, 1.165) is 30.4 Å². The Kier molecular flexibility index (Phi) is 5.85. The van der Waals surface area contributed by atoms with Crippen molar-refractivity contribution in [3.05, 3.63) is 63.4 Å². The van der Waals surface area contributed by atoms with E-state index in [9.17, 15) is 18.4 Å². The van der Waals surface area contributed by atoms with Gasteiger partial charge in [-0.05, 0) is 68.0 Å². The van der Waals surface area contributed by atoms with Gasteiger partial charge in [0.15, 0.2) is 5.75 Å². The van der Waals surface area contributed by atoms with Gasteiger partial charge in [0.05, 0.1) is 17.5 Å². The van der Waals surface area contributed by atoms with Gasteiger partial charge in [0, 0.05) is 30.4 Å². The number of esters is 1. The van der Waals surface area contributed by atoms with Crippen LogP contribution in [-0.4, -0.2) is 29.8 Å². The average molecular weight is 469 g/mol. The van der Waals surface area contributed by atoms with E-state index in [2.05, 4.69) is 12.2 Å². The fraction of sp³-hybridized carbons (Fsp3) is 0.385. The number of benzene rings is 2. The molecular weight excluding hydrogens is 442 g/mol. The number of rotatable bonds is 6. The summed E-state index contributed by atoms with van der Waals surface area (Å²) in [5.74, 6) is -0.774. The summed E-state index contributed by atoms with van der Waals surface area (Å²) in [6.07, 6.45) is 3.97. The maximum Gasteiger partial charge on any atom is 0.387 e. The number of nitrogens with zero attached hydrogens (tertiary/aromatic N) is 1. The highest BCUT2D eigenvalue weighted by molar-refractivity contribution is 5.98. The minimum atomic E-state index is -3.07. The van der Waals surface area contributed by atoms with E-state index in [0.29, 0.717) is 18.2 Å². The zero-order valence-electron chi connectivity index (χ0n) is 19.1. The van der Waals surface area contributed by atoms with Crippen molar-refractivity contribution in [1.82, 2.24) is 9.88 Å². The third-order valence-electron chi connectivity index (χ3n) is 6.47. The third-order valence-corrected chi connectivity index (χ3v) is 6.47. The highest BCUT2D eigenvalue weighted by Gasteiger charge is 2.30. The van der Waals surface area contributed by atoms with Crippen LogP contribution in [0.4, 0.5) is 8.78 Å². The fourth-order valence-corrected chi connectivity index (χ4v) is 4.69. The van der Waals surface area contributed by atoms with Crippen LogP contribution in [0.15, 0.2) is 41.3 Å². The molecule has 3 aromatic rings. The first-order chi connectivity index (χ1) is 16.4. The van der Waals surface area contributed by atoms with E-state index in [1.165, 1.54) is 11.8 Å². The van der Waals surface area contributed by atoms with Gasteiger partial charge in [-0.1, -0.05) is 12.1 Å². The quantitative estimate of drug-likeness (QED) is 0.526. The second-order valence-electron chi connectivity index (χ2n) is 8.92. The highest BCUT2D eigenvalue weighted by Crippen LogP contribution is 2.43. The van der Waals surface area contributed by atoms with Gasteiger partial charge < -0.3 is 19.4 Å². The molecule has 1 aromatic heterocycles. The van der Waals surface area contributed by atoms with Crippen molar-refractivity contribution in [3.8, 4) is 16.9 Å². The smallest absolute Gasteiger partial charge is 0.387 e. The predicted molar refractivity (Wildman–Crippen MR) is 125 cm³/mol. The number of fused-ring (bicyclic) bond motifs is 2. The minimum absolute atomic E-state index is 0.000713. The van der Waals surface area contributed by atoms with Gasteiger partial charge in [0.1, 0.15) is 5.56 Å². The molecule has 8 heteroatoms. The SMILES string of the molecule is CCOC(=O)c1cn(C2CC2)c2c(OC(F)F)c(-c3ccc4c(c3)CNC(C)C4)ccc2c1=O. The summed E-state index contributed by atoms with van der Waals surface area (Å²) in [6, 6.07) is 9.50. The topological polar surface area (TPSA) is 69.6 Å². The Hall–Kier alpha value is -3.26. The van der Waals surface area contributed by atoms with Crippen molar-refractivity contribution >= 4 is 16.9 Å². The van der Waals surface area contributed by atoms with E-state index in [4.69, 9.17) is 9.47 Å². The summed E-state index contributed by atoms with van der Waals surface area (Å²) in [5, 5.41) is 3.58. The first-order valence-corrected chi connectivity index (χ1v) is 11.6. The minimum Gasteiger partial charge on any atom is -0.462 e. The van der Waals surface area contributed by atoms with Crippen LogP contribution < -0.4 is 15.5 Å². The molecule has 178 valence electrons. The highest BCUT2D eigenvalue weighted by atomic mass is 19.3. The molecular formula is C26H26F2N2O4. The molecule has 6 nitrogen and oxygen atoms in total. The van der Waals surface area contributed by atoms with E-state index in [1.807, 2.05) is 18.2 Å². The molecule has 0 radical (unpaired) electrons. The summed E-state index contributed by atoms with van der Waals surface area (Å²) < 4.78 is 39.1. The van der Waals surface area contributed by atoms with Crippen LogP contribution in [0.1, 0.15) is 54.2 Å². The van der Waals surface area contributed by atoms with Crippen molar-refractivity contribution in [1.29, 1.82) is 0 Å². The second-order valence-corrected chi connectivity index (χ2v) is 8.92. The standard InChI is InChI=1S/C26H26F2N2O4/c1-3-33-25(32)21-13-30(18-6-7-18)22-20(23(21)31)9-8-19(24(22)34-26(27)28)16-5-4-15-10-14(2)29-12-17(15)11-16/h4-5,8-9,11,13-14,18,26,29H,3,6-7,10,12H2,1-2H3. The van der Waals surface area contributed by atoms with Crippen LogP contribution in [0, 0.1) is 0 Å². The van der Waals surface area contributed by atoms with Gasteiger partial charge >= 0.3 is 12.6 Å².